The summed E-state index contributed by atoms with van der Waals surface area (Å²) in [5.74, 6) is 0.627. The van der Waals surface area contributed by atoms with E-state index in [0.717, 1.165) is 0 Å². The number of ether oxygens (including phenoxy) is 1. The van der Waals surface area contributed by atoms with Crippen molar-refractivity contribution in [1.29, 1.82) is 5.26 Å². The number of nitriles is 1. The maximum atomic E-state index is 12.5. The van der Waals surface area contributed by atoms with Crippen molar-refractivity contribution in [2.24, 2.45) is 0 Å². The quantitative estimate of drug-likeness (QED) is 0.877. The zero-order chi connectivity index (χ0) is 16.2. The summed E-state index contributed by atoms with van der Waals surface area (Å²) in [5, 5.41) is 13.0. The van der Waals surface area contributed by atoms with Gasteiger partial charge < -0.3 is 4.74 Å². The maximum absolute atomic E-state index is 12.5. The second-order valence-electron chi connectivity index (χ2n) is 4.35. The highest BCUT2D eigenvalue weighted by atomic mass is 32.2. The first-order chi connectivity index (χ1) is 10.5. The summed E-state index contributed by atoms with van der Waals surface area (Å²) in [6, 6.07) is 8.10. The third-order valence-electron chi connectivity index (χ3n) is 2.92. The molecule has 0 spiro atoms. The number of sulfonamides is 1. The fourth-order valence-corrected chi connectivity index (χ4v) is 3.02. The van der Waals surface area contributed by atoms with E-state index in [1.807, 2.05) is 19.9 Å². The Labute approximate surface area is 129 Å². The minimum absolute atomic E-state index is 0.0613. The van der Waals surface area contributed by atoms with Crippen molar-refractivity contribution in [3.8, 4) is 11.8 Å². The topological polar surface area (TPSA) is 97.0 Å². The molecule has 1 aromatic carbocycles. The van der Waals surface area contributed by atoms with Crippen molar-refractivity contribution in [3.63, 3.8) is 0 Å². The highest BCUT2D eigenvalue weighted by Crippen LogP contribution is 2.22. The number of rotatable bonds is 6. The third kappa shape index (κ3) is 3.20. The Morgan fingerprint density at radius 2 is 2.18 bits per heavy atom. The minimum atomic E-state index is -3.83. The van der Waals surface area contributed by atoms with Crippen LogP contribution in [-0.4, -0.2) is 24.8 Å². The zero-order valence-corrected chi connectivity index (χ0v) is 13.1. The molecular weight excluding hydrogens is 304 g/mol. The molecule has 7 nitrogen and oxygen atoms in total. The molecule has 1 heterocycles. The van der Waals surface area contributed by atoms with E-state index in [0.29, 0.717) is 18.9 Å². The predicted octanol–water partition coefficient (Wildman–Crippen LogP) is 1.97. The van der Waals surface area contributed by atoms with Crippen LogP contribution in [-0.2, 0) is 16.6 Å². The highest BCUT2D eigenvalue weighted by molar-refractivity contribution is 7.92. The summed E-state index contributed by atoms with van der Waals surface area (Å²) in [5.41, 5.74) is 0.173. The number of hydrogen-bond donors (Lipinski definition) is 1. The first kappa shape index (κ1) is 15.9. The fourth-order valence-electron chi connectivity index (χ4n) is 1.90. The van der Waals surface area contributed by atoms with Gasteiger partial charge in [-0.1, -0.05) is 6.07 Å². The normalized spacial score (nSPS) is 11.0. The second kappa shape index (κ2) is 6.49. The molecule has 116 valence electrons. The van der Waals surface area contributed by atoms with E-state index in [1.54, 1.807) is 12.1 Å². The number of aromatic nitrogens is 2. The van der Waals surface area contributed by atoms with Crippen LogP contribution in [0.2, 0.25) is 0 Å². The summed E-state index contributed by atoms with van der Waals surface area (Å²) >= 11 is 0. The van der Waals surface area contributed by atoms with Crippen LogP contribution in [0.1, 0.15) is 19.4 Å². The Morgan fingerprint density at radius 1 is 1.41 bits per heavy atom. The number of nitrogens with one attached hydrogen (secondary N) is 1. The first-order valence-corrected chi connectivity index (χ1v) is 8.21. The molecule has 22 heavy (non-hydrogen) atoms. The van der Waals surface area contributed by atoms with Crippen molar-refractivity contribution in [1.82, 2.24) is 9.78 Å². The van der Waals surface area contributed by atoms with Gasteiger partial charge in [-0.3, -0.25) is 4.72 Å². The van der Waals surface area contributed by atoms with Gasteiger partial charge in [0.2, 0.25) is 0 Å². The van der Waals surface area contributed by atoms with Crippen LogP contribution in [0.25, 0.3) is 0 Å². The van der Waals surface area contributed by atoms with Crippen molar-refractivity contribution < 1.29 is 13.2 Å². The van der Waals surface area contributed by atoms with Gasteiger partial charge in [0.1, 0.15) is 17.4 Å². The lowest BCUT2D eigenvalue weighted by Crippen LogP contribution is -2.17. The smallest absolute Gasteiger partial charge is 0.263 e. The van der Waals surface area contributed by atoms with Crippen LogP contribution in [0.15, 0.2) is 35.4 Å². The van der Waals surface area contributed by atoms with Gasteiger partial charge in [0, 0.05) is 12.6 Å². The Morgan fingerprint density at radius 3 is 2.82 bits per heavy atom. The van der Waals surface area contributed by atoms with E-state index < -0.39 is 10.0 Å². The van der Waals surface area contributed by atoms with Crippen LogP contribution in [0.4, 0.5) is 5.82 Å². The lowest BCUT2D eigenvalue weighted by Gasteiger charge is -2.11. The van der Waals surface area contributed by atoms with Crippen molar-refractivity contribution in [2.75, 3.05) is 11.3 Å². The SMILES string of the molecule is CCOc1cccc(S(=O)(=O)Nc2c(C#N)cnn2CC)c1. The number of hydrogen-bond acceptors (Lipinski definition) is 5. The summed E-state index contributed by atoms with van der Waals surface area (Å²) < 4.78 is 34.1. The van der Waals surface area contributed by atoms with Crippen molar-refractivity contribution in [2.45, 2.75) is 25.3 Å². The maximum Gasteiger partial charge on any atom is 0.263 e. The van der Waals surface area contributed by atoms with Crippen LogP contribution in [0.3, 0.4) is 0 Å². The summed E-state index contributed by atoms with van der Waals surface area (Å²) in [6.45, 7) is 4.51. The molecule has 2 aromatic rings. The van der Waals surface area contributed by atoms with Gasteiger partial charge in [0.25, 0.3) is 10.0 Å². The molecule has 2 rings (SSSR count). The van der Waals surface area contributed by atoms with Crippen LogP contribution >= 0.6 is 0 Å². The molecule has 0 radical (unpaired) electrons. The Kier molecular flexibility index (Phi) is 4.68. The van der Waals surface area contributed by atoms with E-state index in [1.165, 1.54) is 23.0 Å². The molecule has 1 aromatic heterocycles. The Hall–Kier alpha value is -2.53. The minimum Gasteiger partial charge on any atom is -0.494 e. The van der Waals surface area contributed by atoms with Gasteiger partial charge in [0.05, 0.1) is 17.7 Å². The first-order valence-electron chi connectivity index (χ1n) is 6.73. The molecule has 0 atom stereocenters. The van der Waals surface area contributed by atoms with E-state index in [2.05, 4.69) is 9.82 Å². The van der Waals surface area contributed by atoms with Gasteiger partial charge in [0.15, 0.2) is 5.82 Å². The molecular formula is C14H16N4O3S. The highest BCUT2D eigenvalue weighted by Gasteiger charge is 2.20. The lowest BCUT2D eigenvalue weighted by atomic mass is 10.3. The van der Waals surface area contributed by atoms with Gasteiger partial charge in [-0.25, -0.2) is 13.1 Å². The second-order valence-corrected chi connectivity index (χ2v) is 6.03. The Balaban J connectivity index is 2.38. The molecule has 0 aliphatic carbocycles. The summed E-state index contributed by atoms with van der Waals surface area (Å²) in [7, 11) is -3.83. The molecule has 0 saturated carbocycles. The average Bonchev–Trinajstić information content (AvgIpc) is 2.89. The number of aryl methyl sites for hydroxylation is 1. The average molecular weight is 320 g/mol. The fraction of sp³-hybridized carbons (Fsp3) is 0.286. The van der Waals surface area contributed by atoms with Crippen LogP contribution in [0.5, 0.6) is 5.75 Å². The van der Waals surface area contributed by atoms with Gasteiger partial charge in [-0.05, 0) is 26.0 Å². The molecule has 0 unspecified atom stereocenters. The van der Waals surface area contributed by atoms with Crippen LogP contribution < -0.4 is 9.46 Å². The number of benzene rings is 1. The largest absolute Gasteiger partial charge is 0.494 e. The lowest BCUT2D eigenvalue weighted by molar-refractivity contribution is 0.339. The van der Waals surface area contributed by atoms with E-state index in [4.69, 9.17) is 10.00 Å². The summed E-state index contributed by atoms with van der Waals surface area (Å²) in [4.78, 5) is 0.0613. The third-order valence-corrected chi connectivity index (χ3v) is 4.25. The molecule has 0 saturated heterocycles. The van der Waals surface area contributed by atoms with Crippen molar-refractivity contribution >= 4 is 15.8 Å². The van der Waals surface area contributed by atoms with E-state index in [-0.39, 0.29) is 16.3 Å². The molecule has 0 aliphatic rings. The standard InChI is InChI=1S/C14H16N4O3S/c1-3-18-14(11(9-15)10-16-18)17-22(19,20)13-7-5-6-12(8-13)21-4-2/h5-8,10,17H,3-4H2,1-2H3. The summed E-state index contributed by atoms with van der Waals surface area (Å²) in [6.07, 6.45) is 1.33. The predicted molar refractivity (Wildman–Crippen MR) is 81.0 cm³/mol. The molecule has 1 N–H and O–H groups in total. The van der Waals surface area contributed by atoms with Gasteiger partial charge >= 0.3 is 0 Å². The molecule has 0 fully saturated rings. The number of anilines is 1. The van der Waals surface area contributed by atoms with Crippen LogP contribution in [0, 0.1) is 11.3 Å². The van der Waals surface area contributed by atoms with E-state index >= 15 is 0 Å². The van der Waals surface area contributed by atoms with Gasteiger partial charge in [-0.2, -0.15) is 10.4 Å². The van der Waals surface area contributed by atoms with E-state index in [9.17, 15) is 8.42 Å². The molecule has 0 aliphatic heterocycles. The monoisotopic (exact) mass is 320 g/mol. The zero-order valence-electron chi connectivity index (χ0n) is 12.3. The van der Waals surface area contributed by atoms with Gasteiger partial charge in [-0.15, -0.1) is 0 Å². The molecule has 0 amide bonds. The molecule has 0 bridgehead atoms. The van der Waals surface area contributed by atoms with Crippen molar-refractivity contribution in [3.05, 3.63) is 36.0 Å². The number of nitrogens with zero attached hydrogens (tertiary/aromatic N) is 3. The Bertz CT molecular complexity index is 806. The molecule has 8 heteroatoms.